The van der Waals surface area contributed by atoms with E-state index in [-0.39, 0.29) is 5.56 Å². The number of hydrazine groups is 1. The molecule has 0 saturated heterocycles. The van der Waals surface area contributed by atoms with Crippen molar-refractivity contribution >= 4 is 17.2 Å². The van der Waals surface area contributed by atoms with Crippen molar-refractivity contribution < 1.29 is 17.6 Å². The molecule has 2 N–H and O–H groups in total. The van der Waals surface area contributed by atoms with Gasteiger partial charge in [-0.3, -0.25) is 0 Å². The Morgan fingerprint density at radius 3 is 2.51 bits per heavy atom. The fraction of sp³-hybridized carbons (Fsp3) is 0.259. The van der Waals surface area contributed by atoms with Crippen molar-refractivity contribution in [3.63, 3.8) is 0 Å². The first kappa shape index (κ1) is 26.0. The number of alkyl halides is 3. The lowest BCUT2D eigenvalue weighted by molar-refractivity contribution is -0.137. The molecule has 0 saturated carbocycles. The molecule has 0 atom stereocenters. The molecular formula is C27H26F4N6. The second-order valence-electron chi connectivity index (χ2n) is 8.96. The van der Waals surface area contributed by atoms with E-state index < -0.39 is 17.6 Å². The van der Waals surface area contributed by atoms with Gasteiger partial charge in [0.25, 0.3) is 0 Å². The Kier molecular flexibility index (Phi) is 7.36. The van der Waals surface area contributed by atoms with E-state index in [0.29, 0.717) is 48.7 Å². The fourth-order valence-corrected chi connectivity index (χ4v) is 4.17. The van der Waals surface area contributed by atoms with E-state index in [4.69, 9.17) is 10.2 Å². The number of nitrogens with zero attached hydrogens (tertiary/aromatic N) is 4. The van der Waals surface area contributed by atoms with E-state index in [0.717, 1.165) is 29.1 Å². The van der Waals surface area contributed by atoms with E-state index in [1.165, 1.54) is 18.2 Å². The van der Waals surface area contributed by atoms with Crippen LogP contribution >= 0.6 is 0 Å². The summed E-state index contributed by atoms with van der Waals surface area (Å²) in [5.41, 5.74) is 7.01. The van der Waals surface area contributed by atoms with Gasteiger partial charge in [0.05, 0.1) is 28.6 Å². The van der Waals surface area contributed by atoms with E-state index in [2.05, 4.69) is 17.3 Å². The second-order valence-corrected chi connectivity index (χ2v) is 8.96. The quantitative estimate of drug-likeness (QED) is 0.317. The number of aromatic nitrogens is 1. The van der Waals surface area contributed by atoms with E-state index in [9.17, 15) is 17.6 Å². The van der Waals surface area contributed by atoms with Gasteiger partial charge in [-0.25, -0.2) is 14.4 Å². The number of hydrogen-bond acceptors (Lipinski definition) is 6. The van der Waals surface area contributed by atoms with E-state index >= 15 is 0 Å². The van der Waals surface area contributed by atoms with Gasteiger partial charge in [-0.15, -0.1) is 0 Å². The van der Waals surface area contributed by atoms with Gasteiger partial charge in [0, 0.05) is 63.0 Å². The van der Waals surface area contributed by atoms with Gasteiger partial charge in [0.2, 0.25) is 0 Å². The van der Waals surface area contributed by atoms with Crippen LogP contribution in [0.1, 0.15) is 33.5 Å². The molecule has 10 heteroatoms. The molecular weight excluding hydrogens is 484 g/mol. The summed E-state index contributed by atoms with van der Waals surface area (Å²) in [5, 5.41) is 14.0. The Labute approximate surface area is 212 Å². The van der Waals surface area contributed by atoms with Crippen LogP contribution in [-0.2, 0) is 25.7 Å². The molecule has 2 heterocycles. The highest BCUT2D eigenvalue weighted by Gasteiger charge is 2.30. The molecule has 0 fully saturated rings. The first-order valence-electron chi connectivity index (χ1n) is 11.6. The van der Waals surface area contributed by atoms with Crippen LogP contribution in [0.2, 0.25) is 0 Å². The van der Waals surface area contributed by atoms with Crippen molar-refractivity contribution in [2.45, 2.75) is 25.7 Å². The summed E-state index contributed by atoms with van der Waals surface area (Å²) in [6.07, 6.45) is -3.78. The van der Waals surface area contributed by atoms with Crippen LogP contribution in [0.15, 0.2) is 55.1 Å². The highest BCUT2D eigenvalue weighted by molar-refractivity contribution is 5.66. The number of hydrogen-bond donors (Lipinski definition) is 2. The van der Waals surface area contributed by atoms with Crippen molar-refractivity contribution in [2.24, 2.45) is 0 Å². The maximum Gasteiger partial charge on any atom is 0.416 e. The standard InChI is InChI=1S/C27H26F4N6/c1-17(21-9-6-19(14-32)12-23(21)28)37-11-10-24-22(16-37)25(35-36(2)3)13-26(34-24)33-15-18-4-7-20(8-5-18)27(29,30)31/h4-9,12-13H,1,10-11,15-16H2,2-3H3,(H2,33,34,35). The predicted molar refractivity (Wildman–Crippen MR) is 135 cm³/mol. The highest BCUT2D eigenvalue weighted by Crippen LogP contribution is 2.33. The largest absolute Gasteiger partial charge is 0.416 e. The first-order valence-corrected chi connectivity index (χ1v) is 11.6. The fourth-order valence-electron chi connectivity index (χ4n) is 4.17. The molecule has 37 heavy (non-hydrogen) atoms. The van der Waals surface area contributed by atoms with Crippen LogP contribution in [0, 0.1) is 17.1 Å². The minimum absolute atomic E-state index is 0.246. The molecule has 3 aromatic rings. The summed E-state index contributed by atoms with van der Waals surface area (Å²) in [4.78, 5) is 6.72. The van der Waals surface area contributed by atoms with Crippen LogP contribution in [0.3, 0.4) is 0 Å². The van der Waals surface area contributed by atoms with Gasteiger partial charge in [-0.2, -0.15) is 18.4 Å². The zero-order valence-corrected chi connectivity index (χ0v) is 20.5. The zero-order valence-electron chi connectivity index (χ0n) is 20.5. The average molecular weight is 511 g/mol. The molecule has 0 spiro atoms. The van der Waals surface area contributed by atoms with Gasteiger partial charge >= 0.3 is 6.18 Å². The Morgan fingerprint density at radius 1 is 1.16 bits per heavy atom. The molecule has 0 radical (unpaired) electrons. The maximum atomic E-state index is 14.6. The van der Waals surface area contributed by atoms with Gasteiger partial charge in [-0.05, 0) is 35.9 Å². The Hall–Kier alpha value is -4.10. The predicted octanol–water partition coefficient (Wildman–Crippen LogP) is 5.64. The third-order valence-corrected chi connectivity index (χ3v) is 6.07. The van der Waals surface area contributed by atoms with Gasteiger partial charge < -0.3 is 15.6 Å². The summed E-state index contributed by atoms with van der Waals surface area (Å²) >= 11 is 0. The van der Waals surface area contributed by atoms with Crippen molar-refractivity contribution in [3.05, 3.63) is 94.4 Å². The molecule has 1 aliphatic heterocycles. The molecule has 0 amide bonds. The van der Waals surface area contributed by atoms with Crippen LogP contribution in [-0.4, -0.2) is 35.5 Å². The SMILES string of the molecule is C=C(c1ccc(C#N)cc1F)N1CCc2nc(NCc3ccc(C(F)(F)F)cc3)cc(NN(C)C)c2C1. The second kappa shape index (κ2) is 10.5. The molecule has 192 valence electrons. The van der Waals surface area contributed by atoms with E-state index in [1.54, 1.807) is 17.1 Å². The van der Waals surface area contributed by atoms with Gasteiger partial charge in [0.1, 0.15) is 11.6 Å². The summed E-state index contributed by atoms with van der Waals surface area (Å²) in [6.45, 7) is 5.44. The monoisotopic (exact) mass is 510 g/mol. The number of benzene rings is 2. The number of rotatable bonds is 7. The summed E-state index contributed by atoms with van der Waals surface area (Å²) < 4.78 is 53.1. The molecule has 4 rings (SSSR count). The number of nitriles is 1. The minimum atomic E-state index is -4.37. The zero-order chi connectivity index (χ0) is 26.7. The van der Waals surface area contributed by atoms with Crippen molar-refractivity contribution in [2.75, 3.05) is 31.4 Å². The van der Waals surface area contributed by atoms with Crippen molar-refractivity contribution in [1.29, 1.82) is 5.26 Å². The minimum Gasteiger partial charge on any atom is -0.367 e. The summed E-state index contributed by atoms with van der Waals surface area (Å²) in [5.74, 6) is 0.0934. The topological polar surface area (TPSA) is 67.2 Å². The number of halogens is 4. The first-order chi connectivity index (χ1) is 17.5. The van der Waals surface area contributed by atoms with Gasteiger partial charge in [0.15, 0.2) is 0 Å². The van der Waals surface area contributed by atoms with Crippen LogP contribution < -0.4 is 10.7 Å². The molecule has 6 nitrogen and oxygen atoms in total. The number of anilines is 2. The van der Waals surface area contributed by atoms with Crippen molar-refractivity contribution in [3.8, 4) is 6.07 Å². The lowest BCUT2D eigenvalue weighted by atomic mass is 10.0. The van der Waals surface area contributed by atoms with Crippen LogP contribution in [0.5, 0.6) is 0 Å². The molecule has 1 aromatic heterocycles. The number of pyridine rings is 1. The lowest BCUT2D eigenvalue weighted by Crippen LogP contribution is -2.32. The lowest BCUT2D eigenvalue weighted by Gasteiger charge is -2.34. The third-order valence-electron chi connectivity index (χ3n) is 6.07. The van der Waals surface area contributed by atoms with Crippen molar-refractivity contribution in [1.82, 2.24) is 14.9 Å². The highest BCUT2D eigenvalue weighted by atomic mass is 19.4. The molecule has 0 aliphatic carbocycles. The normalized spacial score (nSPS) is 13.2. The number of nitrogens with one attached hydrogen (secondary N) is 2. The smallest absolute Gasteiger partial charge is 0.367 e. The molecule has 0 unspecified atom stereocenters. The van der Waals surface area contributed by atoms with E-state index in [1.807, 2.05) is 31.1 Å². The summed E-state index contributed by atoms with van der Waals surface area (Å²) in [6, 6.07) is 13.1. The molecule has 1 aliphatic rings. The molecule has 0 bridgehead atoms. The maximum absolute atomic E-state index is 14.6. The Balaban J connectivity index is 1.54. The van der Waals surface area contributed by atoms with Crippen LogP contribution in [0.4, 0.5) is 29.1 Å². The average Bonchev–Trinajstić information content (AvgIpc) is 2.86. The Bertz CT molecular complexity index is 1340. The Morgan fingerprint density at radius 2 is 1.89 bits per heavy atom. The van der Waals surface area contributed by atoms with Crippen LogP contribution in [0.25, 0.3) is 5.70 Å². The molecule has 2 aromatic carbocycles. The third kappa shape index (κ3) is 6.01. The van der Waals surface area contributed by atoms with Gasteiger partial charge in [-0.1, -0.05) is 18.7 Å². The summed E-state index contributed by atoms with van der Waals surface area (Å²) in [7, 11) is 3.71. The number of fused-ring (bicyclic) bond motifs is 1.